The average molecular weight is 609 g/mol. The molecule has 0 amide bonds. The molecule has 0 saturated carbocycles. The van der Waals surface area contributed by atoms with Gasteiger partial charge in [-0.2, -0.15) is 0 Å². The third-order valence-electron chi connectivity index (χ3n) is 5.13. The third-order valence-corrected chi connectivity index (χ3v) is 5.13. The summed E-state index contributed by atoms with van der Waals surface area (Å²) in [6.45, 7) is 0. The Kier molecular flexibility index (Phi) is 5.72. The van der Waals surface area contributed by atoms with Crippen LogP contribution in [-0.2, 0) is 21.1 Å². The molecule has 0 N–H and O–H groups in total. The van der Waals surface area contributed by atoms with Gasteiger partial charge in [0.15, 0.2) is 0 Å². The molecule has 0 spiro atoms. The number of hydrogen-bond acceptors (Lipinski definition) is 5. The Balaban J connectivity index is 0.00000228. The SMILES string of the molecule is [Pt+2].[c-]1ccccc1-c1cccc(Oc2cccc(-c3[c-]ccc4c3oc3cnccc34)n2)n1. The smallest absolute Gasteiger partial charge is 0.499 e. The molecule has 33 heavy (non-hydrogen) atoms. The Morgan fingerprint density at radius 1 is 0.727 bits per heavy atom. The Labute approximate surface area is 204 Å². The van der Waals surface area contributed by atoms with Gasteiger partial charge in [-0.25, -0.2) is 0 Å². The van der Waals surface area contributed by atoms with E-state index in [0.29, 0.717) is 17.5 Å². The van der Waals surface area contributed by atoms with E-state index < -0.39 is 0 Å². The standard InChI is InChI=1S/C27H15N3O2.Pt/c1-2-7-18(8-3-1)22-11-5-13-25(29-22)32-26-14-6-12-23(30-26)21-10-4-9-20-19-15-16-28-17-24(19)31-27(20)21;/h1-7,9,11-17H;/q-2;+2. The van der Waals surface area contributed by atoms with E-state index in [0.717, 1.165) is 38.8 Å². The van der Waals surface area contributed by atoms with E-state index in [4.69, 9.17) is 9.15 Å². The maximum absolute atomic E-state index is 6.07. The zero-order valence-electron chi connectivity index (χ0n) is 17.1. The first-order chi connectivity index (χ1) is 15.8. The van der Waals surface area contributed by atoms with Crippen molar-refractivity contribution in [2.45, 2.75) is 0 Å². The van der Waals surface area contributed by atoms with Gasteiger partial charge in [-0.3, -0.25) is 15.0 Å². The van der Waals surface area contributed by atoms with Crippen LogP contribution in [0.25, 0.3) is 44.5 Å². The number of ether oxygens (including phenoxy) is 1. The first-order valence-electron chi connectivity index (χ1n) is 10.1. The minimum Gasteiger partial charge on any atom is -0.499 e. The number of nitrogens with zero attached hydrogens (tertiary/aromatic N) is 3. The van der Waals surface area contributed by atoms with Gasteiger partial charge < -0.3 is 9.15 Å². The maximum Gasteiger partial charge on any atom is 2.00 e. The molecule has 6 rings (SSSR count). The van der Waals surface area contributed by atoms with Gasteiger partial charge in [0.1, 0.15) is 5.58 Å². The first-order valence-corrected chi connectivity index (χ1v) is 10.1. The molecular formula is C27H15N3O2Pt. The number of hydrogen-bond donors (Lipinski definition) is 0. The van der Waals surface area contributed by atoms with E-state index in [1.165, 1.54) is 0 Å². The number of aromatic nitrogens is 3. The summed E-state index contributed by atoms with van der Waals surface area (Å²) >= 11 is 0. The molecule has 160 valence electrons. The summed E-state index contributed by atoms with van der Waals surface area (Å²) < 4.78 is 12.1. The van der Waals surface area contributed by atoms with E-state index in [1.807, 2.05) is 66.7 Å². The fourth-order valence-corrected chi connectivity index (χ4v) is 3.68. The van der Waals surface area contributed by atoms with Crippen LogP contribution in [0.1, 0.15) is 0 Å². The van der Waals surface area contributed by atoms with Crippen molar-refractivity contribution in [1.82, 2.24) is 15.0 Å². The Morgan fingerprint density at radius 3 is 2.36 bits per heavy atom. The van der Waals surface area contributed by atoms with Gasteiger partial charge in [0.25, 0.3) is 0 Å². The molecule has 6 heteroatoms. The molecular weight excluding hydrogens is 593 g/mol. The largest absolute Gasteiger partial charge is 2.00 e. The maximum atomic E-state index is 6.07. The van der Waals surface area contributed by atoms with Crippen molar-refractivity contribution in [2.75, 3.05) is 0 Å². The Bertz CT molecular complexity index is 1560. The van der Waals surface area contributed by atoms with Crippen LogP contribution in [0, 0.1) is 12.1 Å². The van der Waals surface area contributed by atoms with Crippen LogP contribution in [0.5, 0.6) is 11.8 Å². The Morgan fingerprint density at radius 2 is 1.55 bits per heavy atom. The summed E-state index contributed by atoms with van der Waals surface area (Å²) in [5, 5.41) is 2.01. The fraction of sp³-hybridized carbons (Fsp3) is 0. The molecule has 0 fully saturated rings. The van der Waals surface area contributed by atoms with Gasteiger partial charge in [0.05, 0.1) is 11.8 Å². The summed E-state index contributed by atoms with van der Waals surface area (Å²) in [4.78, 5) is 13.4. The summed E-state index contributed by atoms with van der Waals surface area (Å²) in [5.74, 6) is 0.897. The van der Waals surface area contributed by atoms with E-state index in [1.54, 1.807) is 24.5 Å². The average Bonchev–Trinajstić information content (AvgIpc) is 3.24. The molecule has 2 aromatic carbocycles. The van der Waals surface area contributed by atoms with Gasteiger partial charge in [-0.15, -0.1) is 54.1 Å². The van der Waals surface area contributed by atoms with Crippen molar-refractivity contribution in [3.8, 4) is 34.3 Å². The van der Waals surface area contributed by atoms with Crippen LogP contribution in [0.3, 0.4) is 0 Å². The van der Waals surface area contributed by atoms with Crippen molar-refractivity contribution < 1.29 is 30.2 Å². The van der Waals surface area contributed by atoms with E-state index in [9.17, 15) is 0 Å². The second-order valence-electron chi connectivity index (χ2n) is 7.17. The molecule has 0 aliphatic carbocycles. The molecule has 4 heterocycles. The van der Waals surface area contributed by atoms with Crippen LogP contribution in [-0.4, -0.2) is 15.0 Å². The third kappa shape index (κ3) is 4.04. The van der Waals surface area contributed by atoms with E-state index in [2.05, 4.69) is 27.1 Å². The van der Waals surface area contributed by atoms with Gasteiger partial charge in [-0.05, 0) is 29.6 Å². The minimum absolute atomic E-state index is 0. The Hall–Kier alpha value is -3.82. The molecule has 6 aromatic rings. The van der Waals surface area contributed by atoms with Gasteiger partial charge in [0, 0.05) is 11.6 Å². The molecule has 5 nitrogen and oxygen atoms in total. The molecule has 0 bridgehead atoms. The fourth-order valence-electron chi connectivity index (χ4n) is 3.68. The first kappa shape index (κ1) is 21.0. The molecule has 0 aliphatic rings. The molecule has 4 aromatic heterocycles. The van der Waals surface area contributed by atoms with Crippen molar-refractivity contribution in [3.63, 3.8) is 0 Å². The number of benzene rings is 2. The number of furan rings is 1. The number of rotatable bonds is 4. The van der Waals surface area contributed by atoms with E-state index >= 15 is 0 Å². The summed E-state index contributed by atoms with van der Waals surface area (Å²) in [6, 6.07) is 31.2. The van der Waals surface area contributed by atoms with Crippen molar-refractivity contribution >= 4 is 21.9 Å². The molecule has 0 aliphatic heterocycles. The predicted octanol–water partition coefficient (Wildman–Crippen LogP) is 6.50. The van der Waals surface area contributed by atoms with Gasteiger partial charge >= 0.3 is 21.1 Å². The minimum atomic E-state index is 0. The normalized spacial score (nSPS) is 10.8. The van der Waals surface area contributed by atoms with Crippen LogP contribution in [0.2, 0.25) is 0 Å². The summed E-state index contributed by atoms with van der Waals surface area (Å²) in [7, 11) is 0. The quantitative estimate of drug-likeness (QED) is 0.214. The molecule has 0 radical (unpaired) electrons. The van der Waals surface area contributed by atoms with Crippen LogP contribution >= 0.6 is 0 Å². The second kappa shape index (κ2) is 8.97. The molecule has 0 unspecified atom stereocenters. The van der Waals surface area contributed by atoms with Crippen LogP contribution in [0.4, 0.5) is 0 Å². The second-order valence-corrected chi connectivity index (χ2v) is 7.17. The van der Waals surface area contributed by atoms with E-state index in [-0.39, 0.29) is 21.1 Å². The van der Waals surface area contributed by atoms with Gasteiger partial charge in [0.2, 0.25) is 11.8 Å². The summed E-state index contributed by atoms with van der Waals surface area (Å²) in [5.41, 5.74) is 4.61. The van der Waals surface area contributed by atoms with Gasteiger partial charge in [-0.1, -0.05) is 35.2 Å². The van der Waals surface area contributed by atoms with Crippen LogP contribution in [0.15, 0.2) is 95.7 Å². The predicted molar refractivity (Wildman–Crippen MR) is 122 cm³/mol. The molecule has 0 saturated heterocycles. The summed E-state index contributed by atoms with van der Waals surface area (Å²) in [6.07, 6.45) is 3.48. The number of pyridine rings is 3. The van der Waals surface area contributed by atoms with Crippen molar-refractivity contribution in [1.29, 1.82) is 0 Å². The molecule has 0 atom stereocenters. The zero-order valence-corrected chi connectivity index (χ0v) is 19.4. The van der Waals surface area contributed by atoms with Crippen molar-refractivity contribution in [2.24, 2.45) is 0 Å². The zero-order chi connectivity index (χ0) is 21.3. The van der Waals surface area contributed by atoms with Crippen molar-refractivity contribution in [3.05, 3.63) is 103 Å². The van der Waals surface area contributed by atoms with Crippen LogP contribution < -0.4 is 4.74 Å². The monoisotopic (exact) mass is 608 g/mol. The number of fused-ring (bicyclic) bond motifs is 3. The topological polar surface area (TPSA) is 61.0 Å².